The van der Waals surface area contributed by atoms with Gasteiger partial charge in [0.05, 0.1) is 16.4 Å². The monoisotopic (exact) mass is 793 g/mol. The molecule has 5 aromatic carbocycles. The van der Waals surface area contributed by atoms with E-state index in [1.165, 1.54) is 3.71 Å². The van der Waals surface area contributed by atoms with Crippen molar-refractivity contribution in [2.24, 2.45) is 9.39 Å². The molecule has 0 fully saturated rings. The van der Waals surface area contributed by atoms with E-state index in [4.69, 9.17) is 21.4 Å². The van der Waals surface area contributed by atoms with Crippen LogP contribution in [0.25, 0.3) is 0 Å². The van der Waals surface area contributed by atoms with Crippen LogP contribution in [0.1, 0.15) is 27.6 Å². The zero-order valence-electron chi connectivity index (χ0n) is 32.5. The molecule has 0 aliphatic rings. The van der Waals surface area contributed by atoms with Gasteiger partial charge in [0.15, 0.2) is 11.7 Å². The van der Waals surface area contributed by atoms with Crippen LogP contribution < -0.4 is 0 Å². The number of hydrogen-bond acceptors (Lipinski definition) is 4. The van der Waals surface area contributed by atoms with Gasteiger partial charge in [-0.3, -0.25) is 0 Å². The van der Waals surface area contributed by atoms with Crippen molar-refractivity contribution >= 4 is 95.3 Å². The molecule has 0 bridgehead atoms. The number of benzene rings is 5. The summed E-state index contributed by atoms with van der Waals surface area (Å²) in [6.07, 6.45) is 0. The number of halogens is 3. The number of aliphatic imine (C=N–C) groups is 1. The second-order valence-electron chi connectivity index (χ2n) is 7.54. The maximum absolute atomic E-state index is 8.75. The Hall–Kier alpha value is -2.27. The van der Waals surface area contributed by atoms with Crippen LogP contribution >= 0.6 is 83.6 Å². The van der Waals surface area contributed by atoms with Crippen LogP contribution in [-0.4, -0.2) is 15.4 Å². The first-order chi connectivity index (χ1) is 25.1. The highest BCUT2D eigenvalue weighted by Crippen LogP contribution is 2.37. The molecule has 5 aromatic rings. The molecule has 0 aliphatic carbocycles. The highest BCUT2D eigenvalue weighted by molar-refractivity contribution is 9.11. The first kappa shape index (κ1) is 18.4. The van der Waals surface area contributed by atoms with Crippen molar-refractivity contribution in [3.8, 4) is 0 Å². The number of rotatable bonds is 8. The smallest absolute Gasteiger partial charge is 0.169 e. The van der Waals surface area contributed by atoms with Crippen molar-refractivity contribution in [2.45, 2.75) is 14.7 Å². The Bertz CT molecular complexity index is 2140. The fourth-order valence-electron chi connectivity index (χ4n) is 2.98. The zero-order valence-corrected chi connectivity index (χ0v) is 27.7. The lowest BCUT2D eigenvalue weighted by Gasteiger charge is -2.24. The third-order valence-electron chi connectivity index (χ3n) is 4.74. The molecule has 9 heteroatoms. The molecule has 0 N–H and O–H groups in total. The van der Waals surface area contributed by atoms with E-state index in [9.17, 15) is 0 Å². The molecule has 0 amide bonds. The Labute approximate surface area is 295 Å². The Morgan fingerprint density at radius 1 is 0.561 bits per heavy atom. The average Bonchev–Trinajstić information content (AvgIpc) is 3.17. The maximum Gasteiger partial charge on any atom is 0.169 e. The van der Waals surface area contributed by atoms with Crippen LogP contribution in [0.2, 0.25) is 0 Å². The van der Waals surface area contributed by atoms with Gasteiger partial charge >= 0.3 is 0 Å². The van der Waals surface area contributed by atoms with Gasteiger partial charge in [-0.05, 0) is 72.5 Å². The molecule has 0 radical (unpaired) electrons. The summed E-state index contributed by atoms with van der Waals surface area (Å²) in [6.45, 7) is 0. The van der Waals surface area contributed by atoms with Gasteiger partial charge in [-0.2, -0.15) is 4.40 Å². The van der Waals surface area contributed by atoms with Gasteiger partial charge in [-0.25, -0.2) is 8.70 Å². The largest absolute Gasteiger partial charge is 0.231 e. The molecule has 0 aliphatic heterocycles. The topological polar surface area (TPSA) is 28.0 Å². The molecule has 0 saturated carbocycles. The van der Waals surface area contributed by atoms with E-state index in [0.717, 1.165) is 23.9 Å². The summed E-state index contributed by atoms with van der Waals surface area (Å²) in [5.74, 6) is 0.102. The molecule has 204 valence electrons. The minimum absolute atomic E-state index is 0.00229. The minimum Gasteiger partial charge on any atom is -0.231 e. The Morgan fingerprint density at radius 2 is 0.976 bits per heavy atom. The zero-order chi connectivity index (χ0) is 38.9. The highest BCUT2D eigenvalue weighted by atomic mass is 79.9. The molecule has 41 heavy (non-hydrogen) atoms. The first-order valence-corrected chi connectivity index (χ1v) is 16.1. The average molecular weight is 797 g/mol. The molecular formula is C32H22Br3N3S3. The van der Waals surface area contributed by atoms with Gasteiger partial charge in [0.2, 0.25) is 0 Å². The summed E-state index contributed by atoms with van der Waals surface area (Å²) in [4.78, 5) is 4.62. The Balaban J connectivity index is 1.81. The lowest BCUT2D eigenvalue weighted by atomic mass is 10.2. The van der Waals surface area contributed by atoms with Crippen molar-refractivity contribution in [3.05, 3.63) is 158 Å². The van der Waals surface area contributed by atoms with Crippen LogP contribution in [0.15, 0.2) is 171 Å². The minimum atomic E-state index is -0.387. The van der Waals surface area contributed by atoms with Crippen molar-refractivity contribution in [1.82, 2.24) is 3.71 Å². The summed E-state index contributed by atoms with van der Waals surface area (Å²) in [7, 11) is 0. The van der Waals surface area contributed by atoms with Gasteiger partial charge in [-0.15, -0.1) is 0 Å². The van der Waals surface area contributed by atoms with E-state index in [2.05, 4.69) is 52.2 Å². The fraction of sp³-hybridized carbons (Fsp3) is 0. The van der Waals surface area contributed by atoms with Gasteiger partial charge in [-0.1, -0.05) is 108 Å². The van der Waals surface area contributed by atoms with Crippen molar-refractivity contribution in [2.75, 3.05) is 0 Å². The summed E-state index contributed by atoms with van der Waals surface area (Å²) in [5.41, 5.74) is 0.908. The molecule has 0 aromatic heterocycles. The van der Waals surface area contributed by atoms with Gasteiger partial charge in [0.25, 0.3) is 0 Å². The third kappa shape index (κ3) is 9.11. The second kappa shape index (κ2) is 15.3. The molecule has 0 saturated heterocycles. The molecule has 5 rings (SSSR count). The lowest BCUT2D eigenvalue weighted by Crippen LogP contribution is -2.21. The summed E-state index contributed by atoms with van der Waals surface area (Å²) < 4.78 is 108. The van der Waals surface area contributed by atoms with Crippen LogP contribution in [0.3, 0.4) is 0 Å². The van der Waals surface area contributed by atoms with E-state index in [0.29, 0.717) is 23.1 Å². The molecule has 0 unspecified atom stereocenters. The fourth-order valence-corrected chi connectivity index (χ4v) is 5.87. The Morgan fingerprint density at radius 3 is 1.44 bits per heavy atom. The molecule has 0 spiro atoms. The van der Waals surface area contributed by atoms with Crippen LogP contribution in [-0.2, 0) is 0 Å². The predicted octanol–water partition coefficient (Wildman–Crippen LogP) is 11.6. The first-order valence-electron chi connectivity index (χ1n) is 17.4. The van der Waals surface area contributed by atoms with Crippen molar-refractivity contribution in [3.63, 3.8) is 0 Å². The molecule has 3 nitrogen and oxygen atoms in total. The van der Waals surface area contributed by atoms with E-state index in [-0.39, 0.29) is 112 Å². The predicted molar refractivity (Wildman–Crippen MR) is 188 cm³/mol. The number of nitrogens with zero attached hydrogens (tertiary/aromatic N) is 3. The normalized spacial score (nSPS) is 16.0. The third-order valence-corrected chi connectivity index (χ3v) is 8.47. The number of hydrogen-bond donors (Lipinski definition) is 0. The van der Waals surface area contributed by atoms with E-state index >= 15 is 0 Å². The highest BCUT2D eigenvalue weighted by Gasteiger charge is 2.20. The summed E-state index contributed by atoms with van der Waals surface area (Å²) >= 11 is 11.5. The maximum atomic E-state index is 8.75. The van der Waals surface area contributed by atoms with E-state index in [1.807, 2.05) is 0 Å². The van der Waals surface area contributed by atoms with Gasteiger partial charge < -0.3 is 0 Å². The van der Waals surface area contributed by atoms with E-state index < -0.39 is 0 Å². The molecule has 0 atom stereocenters. The second-order valence-corrected chi connectivity index (χ2v) is 12.8. The van der Waals surface area contributed by atoms with E-state index in [1.54, 1.807) is 60.7 Å². The quantitative estimate of drug-likeness (QED) is 0.0888. The van der Waals surface area contributed by atoms with Gasteiger partial charge in [0.1, 0.15) is 0 Å². The van der Waals surface area contributed by atoms with Crippen molar-refractivity contribution < 1.29 is 16.4 Å². The number of amidine groups is 2. The Kier molecular flexibility index (Phi) is 6.86. The SMILES string of the molecule is [2H]c1c([2H])c(S/N=C(/N=C(c2ccccc2)N(Sc2c([2H])c([2H])c(Br)c([2H])c2[2H])Sc2c([2H])c([2H])c(Br)c([2H])c2[2H])c2ccccc2)c([2H])c([2H])c1Br. The standard InChI is InChI=1S/C32H22Br3N3S3/c33-25-11-17-28(18-12-25)39-37-31(23-7-3-1-4-8-23)36-32(24-9-5-2-6-10-24)38(40-29-19-13-26(34)14-20-29)41-30-21-15-27(35)16-22-30/h1-22H/b36-32?,37-31+/i11D,12D,13D,14D,15D,16D,17D,18D,19D,20D,21D,22D. The summed E-state index contributed by atoms with van der Waals surface area (Å²) in [5, 5.41) is 0. The molecular weight excluding hydrogens is 762 g/mol. The van der Waals surface area contributed by atoms with Gasteiger partial charge in [0, 0.05) is 75.1 Å². The van der Waals surface area contributed by atoms with Crippen LogP contribution in [0, 0.1) is 0 Å². The van der Waals surface area contributed by atoms with Crippen molar-refractivity contribution in [1.29, 1.82) is 0 Å². The summed E-state index contributed by atoms with van der Waals surface area (Å²) in [6, 6.07) is 13.1. The lowest BCUT2D eigenvalue weighted by molar-refractivity contribution is 1.10. The molecule has 0 heterocycles. The van der Waals surface area contributed by atoms with Crippen LogP contribution in [0.5, 0.6) is 0 Å². The van der Waals surface area contributed by atoms with Crippen LogP contribution in [0.4, 0.5) is 0 Å².